The Morgan fingerprint density at radius 2 is 2.06 bits per heavy atom. The van der Waals surface area contributed by atoms with Gasteiger partial charge in [0.15, 0.2) is 0 Å². The first-order valence-corrected chi connectivity index (χ1v) is 7.18. The maximum absolute atomic E-state index is 3.62. The average molecular weight is 224 g/mol. The van der Waals surface area contributed by atoms with Crippen LogP contribution in [0.2, 0.25) is 0 Å². The molecule has 1 N–H and O–H groups in total. The molecule has 0 aromatic carbocycles. The molecule has 0 spiro atoms. The zero-order valence-electron chi connectivity index (χ0n) is 11.2. The van der Waals surface area contributed by atoms with Gasteiger partial charge < -0.3 is 10.2 Å². The summed E-state index contributed by atoms with van der Waals surface area (Å²) in [4.78, 5) is 2.72. The van der Waals surface area contributed by atoms with Gasteiger partial charge in [0.25, 0.3) is 0 Å². The fourth-order valence-electron chi connectivity index (χ4n) is 3.13. The minimum atomic E-state index is 0.759. The summed E-state index contributed by atoms with van der Waals surface area (Å²) in [6.07, 6.45) is 5.77. The lowest BCUT2D eigenvalue weighted by atomic mass is 9.92. The second-order valence-corrected chi connectivity index (χ2v) is 5.95. The summed E-state index contributed by atoms with van der Waals surface area (Å²) in [5, 5.41) is 3.62. The fourth-order valence-corrected chi connectivity index (χ4v) is 3.13. The van der Waals surface area contributed by atoms with Crippen LogP contribution in [-0.2, 0) is 0 Å². The Morgan fingerprint density at radius 3 is 2.62 bits per heavy atom. The first-order chi connectivity index (χ1) is 7.70. The maximum Gasteiger partial charge on any atom is 0.0117 e. The van der Waals surface area contributed by atoms with E-state index in [1.165, 1.54) is 38.8 Å². The van der Waals surface area contributed by atoms with E-state index < -0.39 is 0 Å². The molecule has 1 heterocycles. The second-order valence-electron chi connectivity index (χ2n) is 5.95. The topological polar surface area (TPSA) is 15.3 Å². The molecule has 0 bridgehead atoms. The molecule has 1 saturated carbocycles. The number of rotatable bonds is 5. The molecule has 2 nitrogen and oxygen atoms in total. The Balaban J connectivity index is 1.76. The number of nitrogens with zero attached hydrogens (tertiary/aromatic N) is 1. The van der Waals surface area contributed by atoms with E-state index in [9.17, 15) is 0 Å². The Labute approximate surface area is 101 Å². The third kappa shape index (κ3) is 3.21. The molecule has 2 fully saturated rings. The lowest BCUT2D eigenvalue weighted by Gasteiger charge is -2.40. The van der Waals surface area contributed by atoms with E-state index in [-0.39, 0.29) is 0 Å². The molecule has 1 saturated heterocycles. The molecule has 2 aliphatic rings. The van der Waals surface area contributed by atoms with Gasteiger partial charge in [0.05, 0.1) is 0 Å². The molecule has 1 aliphatic heterocycles. The Kier molecular flexibility index (Phi) is 4.26. The van der Waals surface area contributed by atoms with Gasteiger partial charge in [-0.2, -0.15) is 0 Å². The van der Waals surface area contributed by atoms with Gasteiger partial charge in [-0.15, -0.1) is 0 Å². The van der Waals surface area contributed by atoms with Crippen molar-refractivity contribution in [1.82, 2.24) is 10.2 Å². The minimum Gasteiger partial charge on any atom is -0.314 e. The Hall–Kier alpha value is -0.0800. The molecular formula is C14H28N2. The molecule has 2 heteroatoms. The SMILES string of the molecule is CCNC1CCN(C(C)CC2CC2)CC1C. The third-order valence-electron chi connectivity index (χ3n) is 4.40. The molecular weight excluding hydrogens is 196 g/mol. The van der Waals surface area contributed by atoms with Crippen LogP contribution in [0.5, 0.6) is 0 Å². The van der Waals surface area contributed by atoms with Gasteiger partial charge in [-0.3, -0.25) is 0 Å². The molecule has 3 atom stereocenters. The normalized spacial score (nSPS) is 33.9. The first kappa shape index (κ1) is 12.4. The fraction of sp³-hybridized carbons (Fsp3) is 1.00. The smallest absolute Gasteiger partial charge is 0.0117 e. The highest BCUT2D eigenvalue weighted by atomic mass is 15.2. The zero-order valence-corrected chi connectivity index (χ0v) is 11.2. The van der Waals surface area contributed by atoms with Crippen LogP contribution in [0.1, 0.15) is 46.5 Å². The molecule has 1 aliphatic carbocycles. The maximum atomic E-state index is 3.62. The molecule has 94 valence electrons. The minimum absolute atomic E-state index is 0.759. The highest BCUT2D eigenvalue weighted by molar-refractivity contribution is 4.86. The first-order valence-electron chi connectivity index (χ1n) is 7.18. The number of hydrogen-bond donors (Lipinski definition) is 1. The molecule has 16 heavy (non-hydrogen) atoms. The van der Waals surface area contributed by atoms with Crippen LogP contribution in [0.25, 0.3) is 0 Å². The van der Waals surface area contributed by atoms with Crippen LogP contribution in [0.4, 0.5) is 0 Å². The van der Waals surface area contributed by atoms with Crippen molar-refractivity contribution in [3.63, 3.8) is 0 Å². The van der Waals surface area contributed by atoms with Crippen molar-refractivity contribution in [2.75, 3.05) is 19.6 Å². The van der Waals surface area contributed by atoms with Crippen LogP contribution in [0, 0.1) is 11.8 Å². The van der Waals surface area contributed by atoms with Crippen molar-refractivity contribution >= 4 is 0 Å². The highest BCUT2D eigenvalue weighted by Gasteiger charge is 2.31. The second kappa shape index (κ2) is 5.50. The van der Waals surface area contributed by atoms with Crippen molar-refractivity contribution < 1.29 is 0 Å². The largest absolute Gasteiger partial charge is 0.314 e. The summed E-state index contributed by atoms with van der Waals surface area (Å²) in [5.41, 5.74) is 0. The van der Waals surface area contributed by atoms with Crippen LogP contribution in [0.3, 0.4) is 0 Å². The Bertz CT molecular complexity index is 213. The van der Waals surface area contributed by atoms with Crippen molar-refractivity contribution in [3.05, 3.63) is 0 Å². The quantitative estimate of drug-likeness (QED) is 0.772. The van der Waals surface area contributed by atoms with E-state index in [1.54, 1.807) is 0 Å². The average Bonchev–Trinajstić information content (AvgIpc) is 3.05. The molecule has 0 aromatic heterocycles. The van der Waals surface area contributed by atoms with Gasteiger partial charge >= 0.3 is 0 Å². The summed E-state index contributed by atoms with van der Waals surface area (Å²) in [6, 6.07) is 1.58. The zero-order chi connectivity index (χ0) is 11.5. The standard InChI is InChI=1S/C14H28N2/c1-4-15-14-7-8-16(10-11(14)2)12(3)9-13-5-6-13/h11-15H,4-10H2,1-3H3. The molecule has 3 unspecified atom stereocenters. The van der Waals surface area contributed by atoms with E-state index in [2.05, 4.69) is 31.0 Å². The number of likely N-dealkylation sites (tertiary alicyclic amines) is 1. The van der Waals surface area contributed by atoms with Crippen LogP contribution >= 0.6 is 0 Å². The van der Waals surface area contributed by atoms with Gasteiger partial charge in [0.2, 0.25) is 0 Å². The Morgan fingerprint density at radius 1 is 1.31 bits per heavy atom. The molecule has 0 radical (unpaired) electrons. The number of nitrogens with one attached hydrogen (secondary N) is 1. The molecule has 2 rings (SSSR count). The van der Waals surface area contributed by atoms with Gasteiger partial charge in [-0.05, 0) is 44.7 Å². The lowest BCUT2D eigenvalue weighted by molar-refractivity contribution is 0.105. The van der Waals surface area contributed by atoms with E-state index in [4.69, 9.17) is 0 Å². The van der Waals surface area contributed by atoms with Crippen molar-refractivity contribution in [1.29, 1.82) is 0 Å². The lowest BCUT2D eigenvalue weighted by Crippen LogP contribution is -2.50. The number of piperidine rings is 1. The van der Waals surface area contributed by atoms with Crippen molar-refractivity contribution in [2.24, 2.45) is 11.8 Å². The summed E-state index contributed by atoms with van der Waals surface area (Å²) in [7, 11) is 0. The summed E-state index contributed by atoms with van der Waals surface area (Å²) in [6.45, 7) is 10.8. The predicted molar refractivity (Wildman–Crippen MR) is 69.6 cm³/mol. The summed E-state index contributed by atoms with van der Waals surface area (Å²) in [5.74, 6) is 1.88. The van der Waals surface area contributed by atoms with Crippen molar-refractivity contribution in [2.45, 2.75) is 58.5 Å². The summed E-state index contributed by atoms with van der Waals surface area (Å²) < 4.78 is 0. The van der Waals surface area contributed by atoms with E-state index in [1.807, 2.05) is 0 Å². The van der Waals surface area contributed by atoms with Gasteiger partial charge in [0.1, 0.15) is 0 Å². The van der Waals surface area contributed by atoms with E-state index in [0.29, 0.717) is 0 Å². The van der Waals surface area contributed by atoms with Crippen LogP contribution in [-0.4, -0.2) is 36.6 Å². The van der Waals surface area contributed by atoms with Crippen LogP contribution < -0.4 is 5.32 Å². The van der Waals surface area contributed by atoms with E-state index in [0.717, 1.165) is 30.5 Å². The van der Waals surface area contributed by atoms with Crippen molar-refractivity contribution in [3.8, 4) is 0 Å². The molecule has 0 aromatic rings. The number of hydrogen-bond acceptors (Lipinski definition) is 2. The predicted octanol–water partition coefficient (Wildman–Crippen LogP) is 2.49. The van der Waals surface area contributed by atoms with Gasteiger partial charge in [-0.1, -0.05) is 26.7 Å². The highest BCUT2D eigenvalue weighted by Crippen LogP contribution is 2.35. The van der Waals surface area contributed by atoms with E-state index >= 15 is 0 Å². The van der Waals surface area contributed by atoms with Crippen LogP contribution in [0.15, 0.2) is 0 Å². The third-order valence-corrected chi connectivity index (χ3v) is 4.40. The monoisotopic (exact) mass is 224 g/mol. The van der Waals surface area contributed by atoms with Gasteiger partial charge in [0, 0.05) is 18.6 Å². The summed E-state index contributed by atoms with van der Waals surface area (Å²) >= 11 is 0. The van der Waals surface area contributed by atoms with Gasteiger partial charge in [-0.25, -0.2) is 0 Å². The molecule has 0 amide bonds.